The van der Waals surface area contributed by atoms with E-state index in [0.29, 0.717) is 18.7 Å². The van der Waals surface area contributed by atoms with Gasteiger partial charge in [0.25, 0.3) is 5.91 Å². The van der Waals surface area contributed by atoms with Gasteiger partial charge in [-0.25, -0.2) is 18.1 Å². The van der Waals surface area contributed by atoms with Gasteiger partial charge in [-0.3, -0.25) is 4.79 Å². The smallest absolute Gasteiger partial charge is 0.251 e. The fraction of sp³-hybridized carbons (Fsp3) is 0.286. The molecule has 0 aliphatic carbocycles. The second kappa shape index (κ2) is 8.37. The van der Waals surface area contributed by atoms with Crippen molar-refractivity contribution in [2.75, 3.05) is 13.1 Å². The molecular formula is C21H23N5O3S. The molecule has 0 spiro atoms. The SMILES string of the molecule is CC(NC(=O)c1cccc(S(=O)(=O)N2CCCC2)c1)c1ccc(-n2cncn2)cc1. The van der Waals surface area contributed by atoms with Crippen molar-refractivity contribution in [1.29, 1.82) is 0 Å². The van der Waals surface area contributed by atoms with Gasteiger partial charge in [-0.05, 0) is 55.7 Å². The van der Waals surface area contributed by atoms with Gasteiger partial charge < -0.3 is 5.32 Å². The quantitative estimate of drug-likeness (QED) is 0.655. The van der Waals surface area contributed by atoms with Crippen molar-refractivity contribution in [2.24, 2.45) is 0 Å². The first-order chi connectivity index (χ1) is 14.4. The predicted octanol–water partition coefficient (Wildman–Crippen LogP) is 2.54. The Morgan fingerprint density at radius 3 is 2.50 bits per heavy atom. The maximum Gasteiger partial charge on any atom is 0.251 e. The van der Waals surface area contributed by atoms with E-state index < -0.39 is 10.0 Å². The first kappa shape index (κ1) is 20.2. The van der Waals surface area contributed by atoms with Gasteiger partial charge in [0.1, 0.15) is 12.7 Å². The highest BCUT2D eigenvalue weighted by molar-refractivity contribution is 7.89. The summed E-state index contributed by atoms with van der Waals surface area (Å²) in [5.41, 5.74) is 2.11. The molecular weight excluding hydrogens is 402 g/mol. The van der Waals surface area contributed by atoms with Crippen molar-refractivity contribution in [1.82, 2.24) is 24.4 Å². The molecule has 0 saturated carbocycles. The highest BCUT2D eigenvalue weighted by atomic mass is 32.2. The molecule has 1 N–H and O–H groups in total. The number of benzene rings is 2. The third kappa shape index (κ3) is 4.12. The third-order valence-electron chi connectivity index (χ3n) is 5.22. The minimum Gasteiger partial charge on any atom is -0.346 e. The fourth-order valence-electron chi connectivity index (χ4n) is 3.50. The van der Waals surface area contributed by atoms with Crippen LogP contribution in [0, 0.1) is 0 Å². The van der Waals surface area contributed by atoms with Crippen LogP contribution < -0.4 is 5.32 Å². The van der Waals surface area contributed by atoms with Gasteiger partial charge in [0.2, 0.25) is 10.0 Å². The summed E-state index contributed by atoms with van der Waals surface area (Å²) in [5.74, 6) is -0.318. The van der Waals surface area contributed by atoms with Crippen molar-refractivity contribution in [3.8, 4) is 5.69 Å². The van der Waals surface area contributed by atoms with Gasteiger partial charge in [0.15, 0.2) is 0 Å². The lowest BCUT2D eigenvalue weighted by molar-refractivity contribution is 0.0939. The van der Waals surface area contributed by atoms with E-state index in [-0.39, 0.29) is 16.8 Å². The van der Waals surface area contributed by atoms with E-state index in [1.807, 2.05) is 31.2 Å². The Hall–Kier alpha value is -3.04. The summed E-state index contributed by atoms with van der Waals surface area (Å²) in [6.45, 7) is 2.94. The number of hydrogen-bond donors (Lipinski definition) is 1. The van der Waals surface area contributed by atoms with Crippen LogP contribution in [-0.4, -0.2) is 46.5 Å². The highest BCUT2D eigenvalue weighted by Gasteiger charge is 2.27. The zero-order chi connectivity index (χ0) is 21.1. The molecule has 1 aliphatic rings. The number of nitrogens with zero attached hydrogens (tertiary/aromatic N) is 4. The number of rotatable bonds is 6. The average molecular weight is 426 g/mol. The zero-order valence-electron chi connectivity index (χ0n) is 16.6. The number of amides is 1. The van der Waals surface area contributed by atoms with Crippen LogP contribution in [0.2, 0.25) is 0 Å². The van der Waals surface area contributed by atoms with E-state index in [9.17, 15) is 13.2 Å². The minimum atomic E-state index is -3.56. The summed E-state index contributed by atoms with van der Waals surface area (Å²) >= 11 is 0. The molecule has 9 heteroatoms. The van der Waals surface area contributed by atoms with Crippen LogP contribution >= 0.6 is 0 Å². The number of aromatic nitrogens is 3. The lowest BCUT2D eigenvalue weighted by Gasteiger charge is -2.17. The number of carbonyl (C=O) groups is 1. The van der Waals surface area contributed by atoms with E-state index >= 15 is 0 Å². The summed E-state index contributed by atoms with van der Waals surface area (Å²) < 4.78 is 28.7. The molecule has 30 heavy (non-hydrogen) atoms. The van der Waals surface area contributed by atoms with E-state index in [1.54, 1.807) is 23.1 Å². The number of carbonyl (C=O) groups excluding carboxylic acids is 1. The second-order valence-electron chi connectivity index (χ2n) is 7.27. The Morgan fingerprint density at radius 2 is 1.83 bits per heavy atom. The Morgan fingerprint density at radius 1 is 1.10 bits per heavy atom. The Bertz CT molecular complexity index is 1120. The zero-order valence-corrected chi connectivity index (χ0v) is 17.4. The maximum atomic E-state index is 12.8. The van der Waals surface area contributed by atoms with E-state index in [2.05, 4.69) is 15.4 Å². The molecule has 156 valence electrons. The van der Waals surface area contributed by atoms with Crippen LogP contribution in [0.3, 0.4) is 0 Å². The minimum absolute atomic E-state index is 0.155. The van der Waals surface area contributed by atoms with Crippen molar-refractivity contribution >= 4 is 15.9 Å². The molecule has 2 heterocycles. The summed E-state index contributed by atoms with van der Waals surface area (Å²) in [7, 11) is -3.56. The normalized spacial score (nSPS) is 15.8. The number of sulfonamides is 1. The van der Waals surface area contributed by atoms with E-state index in [0.717, 1.165) is 24.1 Å². The molecule has 1 saturated heterocycles. The summed E-state index contributed by atoms with van der Waals surface area (Å²) in [4.78, 5) is 16.8. The largest absolute Gasteiger partial charge is 0.346 e. The Balaban J connectivity index is 1.47. The fourth-order valence-corrected chi connectivity index (χ4v) is 5.06. The number of nitrogens with one attached hydrogen (secondary N) is 1. The van der Waals surface area contributed by atoms with Crippen molar-refractivity contribution in [2.45, 2.75) is 30.7 Å². The molecule has 1 atom stereocenters. The Labute approximate surface area is 175 Å². The first-order valence-electron chi connectivity index (χ1n) is 9.81. The summed E-state index contributed by atoms with van der Waals surface area (Å²) in [6.07, 6.45) is 4.82. The van der Waals surface area contributed by atoms with E-state index in [4.69, 9.17) is 0 Å². The van der Waals surface area contributed by atoms with Crippen LogP contribution in [-0.2, 0) is 10.0 Å². The van der Waals surface area contributed by atoms with Crippen molar-refractivity contribution in [3.05, 3.63) is 72.3 Å². The first-order valence-corrected chi connectivity index (χ1v) is 11.3. The molecule has 4 rings (SSSR count). The van der Waals surface area contributed by atoms with Crippen LogP contribution in [0.4, 0.5) is 0 Å². The molecule has 8 nitrogen and oxygen atoms in total. The number of hydrogen-bond acceptors (Lipinski definition) is 5. The monoisotopic (exact) mass is 425 g/mol. The second-order valence-corrected chi connectivity index (χ2v) is 9.20. The summed E-state index contributed by atoms with van der Waals surface area (Å²) in [5, 5.41) is 7.02. The maximum absolute atomic E-state index is 12.8. The van der Waals surface area contributed by atoms with Gasteiger partial charge >= 0.3 is 0 Å². The van der Waals surface area contributed by atoms with Gasteiger partial charge in [0, 0.05) is 18.7 Å². The highest BCUT2D eigenvalue weighted by Crippen LogP contribution is 2.22. The van der Waals surface area contributed by atoms with Gasteiger partial charge in [0.05, 0.1) is 16.6 Å². The Kier molecular flexibility index (Phi) is 5.65. The lowest BCUT2D eigenvalue weighted by Crippen LogP contribution is -2.29. The molecule has 1 amide bonds. The molecule has 0 bridgehead atoms. The van der Waals surface area contributed by atoms with Gasteiger partial charge in [-0.2, -0.15) is 9.40 Å². The average Bonchev–Trinajstić information content (AvgIpc) is 3.48. The van der Waals surface area contributed by atoms with Crippen LogP contribution in [0.5, 0.6) is 0 Å². The van der Waals surface area contributed by atoms with Crippen LogP contribution in [0.1, 0.15) is 41.7 Å². The van der Waals surface area contributed by atoms with Gasteiger partial charge in [-0.15, -0.1) is 0 Å². The molecule has 2 aromatic carbocycles. The molecule has 3 aromatic rings. The van der Waals surface area contributed by atoms with Crippen molar-refractivity contribution < 1.29 is 13.2 Å². The van der Waals surface area contributed by atoms with Crippen molar-refractivity contribution in [3.63, 3.8) is 0 Å². The lowest BCUT2D eigenvalue weighted by atomic mass is 10.1. The van der Waals surface area contributed by atoms with Gasteiger partial charge in [-0.1, -0.05) is 18.2 Å². The molecule has 1 aromatic heterocycles. The van der Waals surface area contributed by atoms with E-state index in [1.165, 1.54) is 22.8 Å². The molecule has 0 radical (unpaired) electrons. The molecule has 1 fully saturated rings. The van der Waals surface area contributed by atoms with Crippen LogP contribution in [0.25, 0.3) is 5.69 Å². The third-order valence-corrected chi connectivity index (χ3v) is 7.12. The topological polar surface area (TPSA) is 97.2 Å². The molecule has 1 aliphatic heterocycles. The molecule has 1 unspecified atom stereocenters. The van der Waals surface area contributed by atoms with Crippen LogP contribution in [0.15, 0.2) is 66.1 Å². The summed E-state index contributed by atoms with van der Waals surface area (Å²) in [6, 6.07) is 13.6. The predicted molar refractivity (Wildman–Crippen MR) is 112 cm³/mol. The standard InChI is InChI=1S/C21H23N5O3S/c1-16(17-7-9-19(10-8-17)26-15-22-14-23-26)24-21(27)18-5-4-6-20(13-18)30(28,29)25-11-2-3-12-25/h4-10,13-16H,2-3,11-12H2,1H3,(H,24,27).